The Morgan fingerprint density at radius 2 is 2.19 bits per heavy atom. The molecule has 0 unspecified atom stereocenters. The lowest BCUT2D eigenvalue weighted by Crippen LogP contribution is -2.24. The van der Waals surface area contributed by atoms with Crippen LogP contribution in [0.4, 0.5) is 0 Å². The van der Waals surface area contributed by atoms with E-state index in [1.807, 2.05) is 0 Å². The number of nitrogens with zero attached hydrogens (tertiary/aromatic N) is 2. The van der Waals surface area contributed by atoms with Crippen LogP contribution in [0.2, 0.25) is 0 Å². The van der Waals surface area contributed by atoms with Crippen molar-refractivity contribution >= 4 is 5.97 Å². The van der Waals surface area contributed by atoms with E-state index >= 15 is 0 Å². The lowest BCUT2D eigenvalue weighted by molar-refractivity contribution is -0.140. The van der Waals surface area contributed by atoms with Crippen LogP contribution in [0.15, 0.2) is 10.9 Å². The number of methoxy groups -OCH3 is 1. The van der Waals surface area contributed by atoms with Crippen LogP contribution < -0.4 is 5.56 Å². The van der Waals surface area contributed by atoms with Crippen LogP contribution in [-0.4, -0.2) is 22.6 Å². The van der Waals surface area contributed by atoms with Crippen molar-refractivity contribution in [1.29, 1.82) is 0 Å². The fourth-order valence-corrected chi connectivity index (χ4v) is 1.52. The molecule has 0 aliphatic carbocycles. The molecule has 1 aromatic heterocycles. The Kier molecular flexibility index (Phi) is 4.22. The van der Waals surface area contributed by atoms with Gasteiger partial charge in [0.2, 0.25) is 0 Å². The summed E-state index contributed by atoms with van der Waals surface area (Å²) < 4.78 is 6.09. The largest absolute Gasteiger partial charge is 0.469 e. The molecule has 1 rings (SSSR count). The average molecular weight is 224 g/mol. The molecule has 5 nitrogen and oxygen atoms in total. The number of aromatic nitrogens is 2. The molecule has 16 heavy (non-hydrogen) atoms. The molecule has 0 fully saturated rings. The van der Waals surface area contributed by atoms with Crippen LogP contribution in [-0.2, 0) is 16.1 Å². The summed E-state index contributed by atoms with van der Waals surface area (Å²) in [5, 5.41) is 0. The maximum absolute atomic E-state index is 11.6. The first-order valence-corrected chi connectivity index (χ1v) is 5.16. The van der Waals surface area contributed by atoms with Crippen LogP contribution in [0.1, 0.15) is 24.4 Å². The Hall–Kier alpha value is -1.65. The van der Waals surface area contributed by atoms with Gasteiger partial charge in [-0.15, -0.1) is 0 Å². The zero-order chi connectivity index (χ0) is 12.1. The van der Waals surface area contributed by atoms with Gasteiger partial charge in [0.1, 0.15) is 5.82 Å². The molecule has 0 aromatic carbocycles. The second-order valence-electron chi connectivity index (χ2n) is 3.61. The summed E-state index contributed by atoms with van der Waals surface area (Å²) in [5.41, 5.74) is 0.640. The standard InChI is InChI=1S/C11H16N2O3/c1-8-7-10(14)13(9(2)12-8)6-4-5-11(15)16-3/h7H,4-6H2,1-3H3. The second kappa shape index (κ2) is 5.44. The fourth-order valence-electron chi connectivity index (χ4n) is 1.52. The number of hydrogen-bond acceptors (Lipinski definition) is 4. The molecule has 0 bridgehead atoms. The zero-order valence-electron chi connectivity index (χ0n) is 9.82. The lowest BCUT2D eigenvalue weighted by atomic mass is 10.3. The third-order valence-electron chi connectivity index (χ3n) is 2.32. The van der Waals surface area contributed by atoms with Gasteiger partial charge < -0.3 is 4.74 Å². The Labute approximate surface area is 94.1 Å². The van der Waals surface area contributed by atoms with Crippen molar-refractivity contribution in [3.63, 3.8) is 0 Å². The molecule has 0 saturated carbocycles. The minimum Gasteiger partial charge on any atom is -0.469 e. The van der Waals surface area contributed by atoms with Crippen LogP contribution in [0.25, 0.3) is 0 Å². The molecule has 0 amide bonds. The van der Waals surface area contributed by atoms with E-state index in [0.717, 1.165) is 0 Å². The predicted octanol–water partition coefficient (Wildman–Crippen LogP) is 0.813. The van der Waals surface area contributed by atoms with Gasteiger partial charge in [0, 0.05) is 24.7 Å². The maximum Gasteiger partial charge on any atom is 0.305 e. The topological polar surface area (TPSA) is 61.2 Å². The summed E-state index contributed by atoms with van der Waals surface area (Å²) in [6, 6.07) is 1.49. The van der Waals surface area contributed by atoms with Crippen molar-refractivity contribution in [2.24, 2.45) is 0 Å². The number of hydrogen-bond donors (Lipinski definition) is 0. The quantitative estimate of drug-likeness (QED) is 0.710. The van der Waals surface area contributed by atoms with Gasteiger partial charge in [0.25, 0.3) is 5.56 Å². The van der Waals surface area contributed by atoms with E-state index < -0.39 is 0 Å². The minimum absolute atomic E-state index is 0.0742. The Morgan fingerprint density at radius 3 is 2.75 bits per heavy atom. The van der Waals surface area contributed by atoms with Gasteiger partial charge in [-0.05, 0) is 20.3 Å². The number of rotatable bonds is 4. The van der Waals surface area contributed by atoms with Crippen LogP contribution in [0.5, 0.6) is 0 Å². The van der Waals surface area contributed by atoms with Crippen LogP contribution >= 0.6 is 0 Å². The van der Waals surface area contributed by atoms with Gasteiger partial charge in [-0.25, -0.2) is 4.98 Å². The Balaban J connectivity index is 2.68. The van der Waals surface area contributed by atoms with E-state index in [-0.39, 0.29) is 11.5 Å². The summed E-state index contributed by atoms with van der Waals surface area (Å²) in [5.74, 6) is 0.417. The molecule has 0 atom stereocenters. The van der Waals surface area contributed by atoms with Gasteiger partial charge in [0.15, 0.2) is 0 Å². The van der Waals surface area contributed by atoms with E-state index in [2.05, 4.69) is 9.72 Å². The first kappa shape index (κ1) is 12.4. The smallest absolute Gasteiger partial charge is 0.305 e. The van der Waals surface area contributed by atoms with E-state index in [1.165, 1.54) is 13.2 Å². The number of carbonyl (C=O) groups is 1. The van der Waals surface area contributed by atoms with E-state index in [1.54, 1.807) is 18.4 Å². The van der Waals surface area contributed by atoms with E-state index in [9.17, 15) is 9.59 Å². The highest BCUT2D eigenvalue weighted by Crippen LogP contribution is 1.98. The number of esters is 1. The molecular formula is C11H16N2O3. The summed E-state index contributed by atoms with van der Waals surface area (Å²) in [6.07, 6.45) is 0.897. The normalized spacial score (nSPS) is 10.2. The first-order chi connectivity index (χ1) is 7.54. The van der Waals surface area contributed by atoms with Crippen molar-refractivity contribution in [3.05, 3.63) is 27.9 Å². The molecule has 0 N–H and O–H groups in total. The molecule has 0 aliphatic rings. The third kappa shape index (κ3) is 3.18. The van der Waals surface area contributed by atoms with Crippen molar-refractivity contribution in [2.45, 2.75) is 33.2 Å². The number of carbonyl (C=O) groups excluding carboxylic acids is 1. The maximum atomic E-state index is 11.6. The highest BCUT2D eigenvalue weighted by atomic mass is 16.5. The molecular weight excluding hydrogens is 208 g/mol. The van der Waals surface area contributed by atoms with Gasteiger partial charge in [-0.2, -0.15) is 0 Å². The molecule has 0 aliphatic heterocycles. The molecule has 0 saturated heterocycles. The summed E-state index contributed by atoms with van der Waals surface area (Å²) in [6.45, 7) is 4.06. The Morgan fingerprint density at radius 1 is 1.50 bits per heavy atom. The van der Waals surface area contributed by atoms with E-state index in [4.69, 9.17) is 0 Å². The minimum atomic E-state index is -0.259. The molecule has 5 heteroatoms. The van der Waals surface area contributed by atoms with E-state index in [0.29, 0.717) is 30.9 Å². The average Bonchev–Trinajstić information content (AvgIpc) is 2.21. The highest BCUT2D eigenvalue weighted by Gasteiger charge is 2.04. The SMILES string of the molecule is COC(=O)CCCn1c(C)nc(C)cc1=O. The summed E-state index contributed by atoms with van der Waals surface area (Å²) in [4.78, 5) is 26.7. The van der Waals surface area contributed by atoms with Crippen molar-refractivity contribution < 1.29 is 9.53 Å². The van der Waals surface area contributed by atoms with Crippen LogP contribution in [0, 0.1) is 13.8 Å². The first-order valence-electron chi connectivity index (χ1n) is 5.16. The Bertz CT molecular complexity index is 437. The number of ether oxygens (including phenoxy) is 1. The monoisotopic (exact) mass is 224 g/mol. The van der Waals surface area contributed by atoms with Gasteiger partial charge in [-0.3, -0.25) is 14.2 Å². The fraction of sp³-hybridized carbons (Fsp3) is 0.545. The molecule has 88 valence electrons. The molecule has 0 spiro atoms. The summed E-state index contributed by atoms with van der Waals surface area (Å²) in [7, 11) is 1.35. The highest BCUT2D eigenvalue weighted by molar-refractivity contribution is 5.68. The molecule has 0 radical (unpaired) electrons. The lowest BCUT2D eigenvalue weighted by Gasteiger charge is -2.08. The van der Waals surface area contributed by atoms with Gasteiger partial charge >= 0.3 is 5.97 Å². The predicted molar refractivity (Wildman–Crippen MR) is 59.2 cm³/mol. The van der Waals surface area contributed by atoms with Crippen molar-refractivity contribution in [3.8, 4) is 0 Å². The summed E-state index contributed by atoms with van der Waals surface area (Å²) >= 11 is 0. The van der Waals surface area contributed by atoms with Crippen LogP contribution in [0.3, 0.4) is 0 Å². The van der Waals surface area contributed by atoms with Gasteiger partial charge in [-0.1, -0.05) is 0 Å². The molecule has 1 aromatic rings. The van der Waals surface area contributed by atoms with Crippen molar-refractivity contribution in [2.75, 3.05) is 7.11 Å². The van der Waals surface area contributed by atoms with Gasteiger partial charge in [0.05, 0.1) is 7.11 Å². The third-order valence-corrected chi connectivity index (χ3v) is 2.32. The van der Waals surface area contributed by atoms with Crippen molar-refractivity contribution in [1.82, 2.24) is 9.55 Å². The zero-order valence-corrected chi connectivity index (χ0v) is 9.82. The number of aryl methyl sites for hydroxylation is 2. The second-order valence-corrected chi connectivity index (χ2v) is 3.61. The molecule has 1 heterocycles.